The number of fused-ring (bicyclic) bond motifs is 1. The molecule has 0 fully saturated rings. The minimum Gasteiger partial charge on any atom is -0.324 e. The zero-order valence-electron chi connectivity index (χ0n) is 20.7. The Morgan fingerprint density at radius 2 is 1.26 bits per heavy atom. The van der Waals surface area contributed by atoms with Gasteiger partial charge in [0.2, 0.25) is 15.9 Å². The maximum absolute atomic E-state index is 13.7. The fourth-order valence-corrected chi connectivity index (χ4v) is 5.98. The Balaban J connectivity index is 1.45. The molecule has 1 atom stereocenters. The quantitative estimate of drug-likeness (QED) is 0.252. The minimum atomic E-state index is -4.01. The van der Waals surface area contributed by atoms with E-state index in [1.54, 1.807) is 24.3 Å². The molecule has 0 spiro atoms. The number of benzene rings is 5. The number of para-hydroxylation sites is 1. The first-order valence-electron chi connectivity index (χ1n) is 12.5. The van der Waals surface area contributed by atoms with Crippen molar-refractivity contribution in [3.8, 4) is 0 Å². The summed E-state index contributed by atoms with van der Waals surface area (Å²) in [6.45, 7) is 0. The summed E-state index contributed by atoms with van der Waals surface area (Å²) in [6, 6.07) is 38.4. The van der Waals surface area contributed by atoms with Gasteiger partial charge in [0, 0.05) is 11.1 Å². The number of hydrogen-bond donors (Lipinski definition) is 2. The third kappa shape index (κ3) is 5.99. The molecule has 1 unspecified atom stereocenters. The van der Waals surface area contributed by atoms with Crippen molar-refractivity contribution in [2.24, 2.45) is 0 Å². The second-order valence-corrected chi connectivity index (χ2v) is 10.8. The number of carbonyl (C=O) groups is 1. The van der Waals surface area contributed by atoms with Crippen molar-refractivity contribution in [3.05, 3.63) is 144 Å². The van der Waals surface area contributed by atoms with E-state index in [9.17, 15) is 13.2 Å². The summed E-state index contributed by atoms with van der Waals surface area (Å²) in [7, 11) is -4.01. The highest BCUT2D eigenvalue weighted by molar-refractivity contribution is 7.89. The van der Waals surface area contributed by atoms with Crippen LogP contribution in [0.15, 0.2) is 132 Å². The van der Waals surface area contributed by atoms with Crippen molar-refractivity contribution in [3.63, 3.8) is 0 Å². The lowest BCUT2D eigenvalue weighted by atomic mass is 10.0. The molecule has 5 nitrogen and oxygen atoms in total. The first kappa shape index (κ1) is 25.4. The fourth-order valence-electron chi connectivity index (χ4n) is 4.55. The van der Waals surface area contributed by atoms with Crippen molar-refractivity contribution in [2.45, 2.75) is 23.8 Å². The standard InChI is InChI=1S/C32H28N2O3S/c35-32(33-29-20-10-8-17-27(29)22-24-12-3-1-4-13-24)30(23-25-14-5-2-6-15-25)34-38(36,37)31-21-11-18-26-16-7-9-19-28(26)31/h1-21,30,34H,22-23H2,(H,33,35). The lowest BCUT2D eigenvalue weighted by Crippen LogP contribution is -2.45. The first-order chi connectivity index (χ1) is 18.5. The van der Waals surface area contributed by atoms with Crippen LogP contribution in [0.25, 0.3) is 10.8 Å². The molecule has 0 bridgehead atoms. The van der Waals surface area contributed by atoms with E-state index in [2.05, 4.69) is 10.0 Å². The molecular formula is C32H28N2O3S. The average molecular weight is 521 g/mol. The number of amides is 1. The van der Waals surface area contributed by atoms with Crippen LogP contribution in [0.1, 0.15) is 16.7 Å². The zero-order chi connectivity index (χ0) is 26.4. The van der Waals surface area contributed by atoms with E-state index in [1.165, 1.54) is 0 Å². The van der Waals surface area contributed by atoms with Gasteiger partial charge in [0.1, 0.15) is 6.04 Å². The van der Waals surface area contributed by atoms with E-state index in [0.717, 1.165) is 22.1 Å². The lowest BCUT2D eigenvalue weighted by Gasteiger charge is -2.20. The van der Waals surface area contributed by atoms with Crippen LogP contribution in [0.4, 0.5) is 5.69 Å². The molecule has 6 heteroatoms. The smallest absolute Gasteiger partial charge is 0.242 e. The molecule has 0 heterocycles. The molecule has 0 aliphatic carbocycles. The van der Waals surface area contributed by atoms with Crippen LogP contribution in [0.3, 0.4) is 0 Å². The summed E-state index contributed by atoms with van der Waals surface area (Å²) in [6.07, 6.45) is 0.847. The van der Waals surface area contributed by atoms with E-state index in [-0.39, 0.29) is 11.3 Å². The van der Waals surface area contributed by atoms with Gasteiger partial charge in [-0.3, -0.25) is 4.79 Å². The van der Waals surface area contributed by atoms with Gasteiger partial charge in [0.05, 0.1) is 4.90 Å². The number of rotatable bonds is 9. The summed E-state index contributed by atoms with van der Waals surface area (Å²) in [4.78, 5) is 13.8. The highest BCUT2D eigenvalue weighted by Gasteiger charge is 2.27. The van der Waals surface area contributed by atoms with E-state index in [1.807, 2.05) is 103 Å². The van der Waals surface area contributed by atoms with E-state index < -0.39 is 22.0 Å². The Kier molecular flexibility index (Phi) is 7.63. The summed E-state index contributed by atoms with van der Waals surface area (Å²) < 4.78 is 29.9. The summed E-state index contributed by atoms with van der Waals surface area (Å²) in [5.41, 5.74) is 3.57. The number of anilines is 1. The highest BCUT2D eigenvalue weighted by atomic mass is 32.2. The van der Waals surface area contributed by atoms with E-state index in [4.69, 9.17) is 0 Å². The fraction of sp³-hybridized carbons (Fsp3) is 0.0938. The van der Waals surface area contributed by atoms with Crippen molar-refractivity contribution < 1.29 is 13.2 Å². The van der Waals surface area contributed by atoms with Crippen LogP contribution in [0, 0.1) is 0 Å². The predicted molar refractivity (Wildman–Crippen MR) is 153 cm³/mol. The van der Waals surface area contributed by atoms with Gasteiger partial charge in [0.15, 0.2) is 0 Å². The molecule has 0 aliphatic heterocycles. The minimum absolute atomic E-state index is 0.144. The van der Waals surface area contributed by atoms with Gasteiger partial charge < -0.3 is 5.32 Å². The highest BCUT2D eigenvalue weighted by Crippen LogP contribution is 2.24. The maximum atomic E-state index is 13.7. The zero-order valence-corrected chi connectivity index (χ0v) is 21.6. The van der Waals surface area contributed by atoms with Gasteiger partial charge in [-0.15, -0.1) is 0 Å². The Bertz CT molecular complexity index is 1650. The van der Waals surface area contributed by atoms with Crippen molar-refractivity contribution >= 4 is 32.4 Å². The van der Waals surface area contributed by atoms with Crippen LogP contribution in [-0.2, 0) is 27.7 Å². The van der Waals surface area contributed by atoms with Crippen LogP contribution in [0.2, 0.25) is 0 Å². The van der Waals surface area contributed by atoms with Gasteiger partial charge in [-0.05, 0) is 47.1 Å². The topological polar surface area (TPSA) is 75.3 Å². The Morgan fingerprint density at radius 3 is 2.03 bits per heavy atom. The Morgan fingerprint density at radius 1 is 0.658 bits per heavy atom. The lowest BCUT2D eigenvalue weighted by molar-refractivity contribution is -0.117. The number of hydrogen-bond acceptors (Lipinski definition) is 3. The van der Waals surface area contributed by atoms with Crippen molar-refractivity contribution in [1.29, 1.82) is 0 Å². The number of nitrogens with one attached hydrogen (secondary N) is 2. The molecule has 1 amide bonds. The molecule has 0 saturated heterocycles. The molecule has 0 aliphatic rings. The SMILES string of the molecule is O=C(Nc1ccccc1Cc1ccccc1)C(Cc1ccccc1)NS(=O)(=O)c1cccc2ccccc12. The first-order valence-corrected chi connectivity index (χ1v) is 13.9. The molecule has 5 aromatic rings. The van der Waals surface area contributed by atoms with Gasteiger partial charge in [-0.25, -0.2) is 8.42 Å². The molecule has 5 aromatic carbocycles. The monoisotopic (exact) mass is 520 g/mol. The van der Waals surface area contributed by atoms with Crippen LogP contribution in [-0.4, -0.2) is 20.4 Å². The number of carbonyl (C=O) groups excluding carboxylic acids is 1. The van der Waals surface area contributed by atoms with Crippen molar-refractivity contribution in [2.75, 3.05) is 5.32 Å². The predicted octanol–water partition coefficient (Wildman–Crippen LogP) is 5.96. The summed E-state index contributed by atoms with van der Waals surface area (Å²) >= 11 is 0. The molecule has 190 valence electrons. The van der Waals surface area contributed by atoms with Gasteiger partial charge in [0.25, 0.3) is 0 Å². The molecule has 0 aromatic heterocycles. The summed E-state index contributed by atoms with van der Waals surface area (Å²) in [5, 5.41) is 4.42. The molecular weight excluding hydrogens is 492 g/mol. The second kappa shape index (κ2) is 11.4. The van der Waals surface area contributed by atoms with Crippen molar-refractivity contribution in [1.82, 2.24) is 4.72 Å². The third-order valence-electron chi connectivity index (χ3n) is 6.45. The van der Waals surface area contributed by atoms with Crippen LogP contribution in [0.5, 0.6) is 0 Å². The van der Waals surface area contributed by atoms with E-state index in [0.29, 0.717) is 17.5 Å². The maximum Gasteiger partial charge on any atom is 0.242 e. The van der Waals surface area contributed by atoms with E-state index >= 15 is 0 Å². The van der Waals surface area contributed by atoms with Gasteiger partial charge >= 0.3 is 0 Å². The van der Waals surface area contributed by atoms with Crippen LogP contribution >= 0.6 is 0 Å². The largest absolute Gasteiger partial charge is 0.324 e. The molecule has 5 rings (SSSR count). The van der Waals surface area contributed by atoms with Gasteiger partial charge in [-0.1, -0.05) is 115 Å². The summed E-state index contributed by atoms with van der Waals surface area (Å²) in [5.74, 6) is -0.418. The normalized spacial score (nSPS) is 12.2. The van der Waals surface area contributed by atoms with Gasteiger partial charge in [-0.2, -0.15) is 4.72 Å². The molecule has 0 radical (unpaired) electrons. The third-order valence-corrected chi connectivity index (χ3v) is 7.98. The molecule has 0 saturated carbocycles. The Labute approximate surface area is 223 Å². The number of sulfonamides is 1. The Hall–Kier alpha value is -4.26. The average Bonchev–Trinajstić information content (AvgIpc) is 2.94. The molecule has 2 N–H and O–H groups in total. The van der Waals surface area contributed by atoms with Crippen LogP contribution < -0.4 is 10.0 Å². The second-order valence-electron chi connectivity index (χ2n) is 9.15. The molecule has 38 heavy (non-hydrogen) atoms.